The number of rotatable bonds is 7. The summed E-state index contributed by atoms with van der Waals surface area (Å²) in [4.78, 5) is 16.9. The summed E-state index contributed by atoms with van der Waals surface area (Å²) in [5.41, 5.74) is 7.96. The Balaban J connectivity index is 1.38. The fraction of sp³-hybridized carbons (Fsp3) is 0.318. The molecule has 4 N–H and O–H groups in total. The van der Waals surface area contributed by atoms with Crippen molar-refractivity contribution in [2.75, 3.05) is 56.3 Å². The molecular formula is C22H28N7O2+. The van der Waals surface area contributed by atoms with Gasteiger partial charge in [-0.3, -0.25) is 0 Å². The molecule has 9 heteroatoms. The molecule has 0 atom stereocenters. The smallest absolute Gasteiger partial charge is 0.232 e. The Bertz CT molecular complexity index is 1020. The summed E-state index contributed by atoms with van der Waals surface area (Å²) in [6, 6.07) is 15.8. The molecule has 0 amide bonds. The first-order chi connectivity index (χ1) is 15.1. The zero-order valence-corrected chi connectivity index (χ0v) is 17.8. The maximum Gasteiger partial charge on any atom is 0.232 e. The van der Waals surface area contributed by atoms with Gasteiger partial charge in [-0.2, -0.15) is 15.0 Å². The zero-order chi connectivity index (χ0) is 21.6. The highest BCUT2D eigenvalue weighted by atomic mass is 16.5. The van der Waals surface area contributed by atoms with E-state index >= 15 is 0 Å². The highest BCUT2D eigenvalue weighted by Gasteiger charge is 2.22. The molecule has 0 saturated carbocycles. The van der Waals surface area contributed by atoms with Crippen molar-refractivity contribution in [2.24, 2.45) is 0 Å². The summed E-state index contributed by atoms with van der Waals surface area (Å²) in [5.74, 6) is 2.97. The van der Waals surface area contributed by atoms with Gasteiger partial charge >= 0.3 is 0 Å². The predicted molar refractivity (Wildman–Crippen MR) is 120 cm³/mol. The minimum Gasteiger partial charge on any atom is -0.497 e. The number of nitrogens with one attached hydrogen (secondary N) is 2. The third-order valence-corrected chi connectivity index (χ3v) is 5.32. The Morgan fingerprint density at radius 3 is 2.42 bits per heavy atom. The topological polar surface area (TPSA) is 103 Å². The van der Waals surface area contributed by atoms with Crippen LogP contribution in [0, 0.1) is 0 Å². The van der Waals surface area contributed by atoms with E-state index in [1.807, 2.05) is 36.4 Å². The fourth-order valence-corrected chi connectivity index (χ4v) is 3.69. The first-order valence-corrected chi connectivity index (χ1v) is 10.3. The van der Waals surface area contributed by atoms with Gasteiger partial charge in [-0.1, -0.05) is 12.1 Å². The molecule has 1 aromatic heterocycles. The van der Waals surface area contributed by atoms with Gasteiger partial charge in [0.25, 0.3) is 0 Å². The van der Waals surface area contributed by atoms with Crippen molar-refractivity contribution >= 4 is 23.3 Å². The number of piperazine rings is 1. The molecule has 4 rings (SSSR count). The minimum absolute atomic E-state index is 0.213. The van der Waals surface area contributed by atoms with E-state index in [1.165, 1.54) is 10.6 Å². The van der Waals surface area contributed by atoms with Gasteiger partial charge in [0, 0.05) is 23.5 Å². The fourth-order valence-electron chi connectivity index (χ4n) is 3.69. The van der Waals surface area contributed by atoms with Crippen molar-refractivity contribution in [1.82, 2.24) is 15.0 Å². The van der Waals surface area contributed by atoms with Crippen LogP contribution >= 0.6 is 0 Å². The van der Waals surface area contributed by atoms with Crippen LogP contribution in [-0.4, -0.2) is 55.4 Å². The van der Waals surface area contributed by atoms with Crippen LogP contribution in [0.2, 0.25) is 0 Å². The van der Waals surface area contributed by atoms with Gasteiger partial charge in [-0.05, 0) is 24.3 Å². The largest absolute Gasteiger partial charge is 0.497 e. The number of methoxy groups -OCH3 is 2. The lowest BCUT2D eigenvalue weighted by atomic mass is 10.2. The van der Waals surface area contributed by atoms with Crippen LogP contribution in [-0.2, 0) is 6.54 Å². The standard InChI is InChI=1S/C22H27N7O2/c1-30-18-7-3-5-16(13-18)24-22-26-20(25-21(23)27-22)15-28-9-11-29(12-10-28)17-6-4-8-19(14-17)31-2/h3-8,13-14H,9-12,15H2,1-2H3,(H3,23,24,25,26,27)/p+1. The highest BCUT2D eigenvalue weighted by molar-refractivity contribution is 5.56. The molecule has 0 bridgehead atoms. The second-order valence-corrected chi connectivity index (χ2v) is 7.41. The number of aromatic nitrogens is 3. The van der Waals surface area contributed by atoms with E-state index in [0.717, 1.165) is 43.4 Å². The minimum atomic E-state index is 0.213. The van der Waals surface area contributed by atoms with Gasteiger partial charge in [0.15, 0.2) is 5.82 Å². The number of nitrogens with zero attached hydrogens (tertiary/aromatic N) is 4. The summed E-state index contributed by atoms with van der Waals surface area (Å²) in [6.45, 7) is 4.59. The van der Waals surface area contributed by atoms with Crippen molar-refractivity contribution in [3.05, 3.63) is 54.4 Å². The van der Waals surface area contributed by atoms with Crippen LogP contribution in [0.25, 0.3) is 0 Å². The summed E-state index contributed by atoms with van der Waals surface area (Å²) in [7, 11) is 3.33. The molecule has 0 radical (unpaired) electrons. The zero-order valence-electron chi connectivity index (χ0n) is 17.8. The Morgan fingerprint density at radius 1 is 0.968 bits per heavy atom. The van der Waals surface area contributed by atoms with Gasteiger partial charge < -0.3 is 30.3 Å². The van der Waals surface area contributed by atoms with Crippen LogP contribution in [0.4, 0.5) is 23.3 Å². The van der Waals surface area contributed by atoms with Crippen molar-refractivity contribution in [3.8, 4) is 11.5 Å². The number of hydrogen-bond acceptors (Lipinski definition) is 8. The summed E-state index contributed by atoms with van der Waals surface area (Å²) >= 11 is 0. The molecule has 1 fully saturated rings. The second kappa shape index (κ2) is 9.48. The molecule has 1 aliphatic heterocycles. The third kappa shape index (κ3) is 5.32. The third-order valence-electron chi connectivity index (χ3n) is 5.32. The lowest BCUT2D eigenvalue weighted by Gasteiger charge is -2.33. The van der Waals surface area contributed by atoms with Crippen molar-refractivity contribution in [1.29, 1.82) is 0 Å². The molecule has 0 aliphatic carbocycles. The Hall–Kier alpha value is -3.59. The highest BCUT2D eigenvalue weighted by Crippen LogP contribution is 2.21. The average Bonchev–Trinajstić information content (AvgIpc) is 2.79. The van der Waals surface area contributed by atoms with Crippen molar-refractivity contribution in [2.45, 2.75) is 6.54 Å². The van der Waals surface area contributed by atoms with E-state index in [-0.39, 0.29) is 5.95 Å². The lowest BCUT2D eigenvalue weighted by Crippen LogP contribution is -3.13. The predicted octanol–water partition coefficient (Wildman–Crippen LogP) is 1.12. The van der Waals surface area contributed by atoms with Gasteiger partial charge in [-0.25, -0.2) is 0 Å². The molecule has 0 unspecified atom stereocenters. The first-order valence-electron chi connectivity index (χ1n) is 10.3. The summed E-state index contributed by atoms with van der Waals surface area (Å²) in [6.07, 6.45) is 0. The van der Waals surface area contributed by atoms with E-state index in [2.05, 4.69) is 37.3 Å². The van der Waals surface area contributed by atoms with E-state index < -0.39 is 0 Å². The number of benzene rings is 2. The number of ether oxygens (including phenoxy) is 2. The van der Waals surface area contributed by atoms with Crippen LogP contribution in [0.15, 0.2) is 48.5 Å². The maximum absolute atomic E-state index is 5.94. The molecule has 0 spiro atoms. The van der Waals surface area contributed by atoms with E-state index in [1.54, 1.807) is 14.2 Å². The first kappa shape index (κ1) is 20.7. The molecule has 3 aromatic rings. The SMILES string of the molecule is COc1cccc(Nc2nc(N)nc(C[NH+]3CCN(c4cccc(OC)c4)CC3)n2)c1. The van der Waals surface area contributed by atoms with Gasteiger partial charge in [0.1, 0.15) is 18.0 Å². The molecular weight excluding hydrogens is 394 g/mol. The second-order valence-electron chi connectivity index (χ2n) is 7.41. The maximum atomic E-state index is 5.94. The van der Waals surface area contributed by atoms with Crippen molar-refractivity contribution < 1.29 is 14.4 Å². The lowest BCUT2D eigenvalue weighted by molar-refractivity contribution is -0.915. The van der Waals surface area contributed by atoms with E-state index in [4.69, 9.17) is 15.2 Å². The van der Waals surface area contributed by atoms with E-state index in [9.17, 15) is 0 Å². The number of nitrogen functional groups attached to an aromatic ring is 1. The summed E-state index contributed by atoms with van der Waals surface area (Å²) in [5, 5.41) is 3.18. The summed E-state index contributed by atoms with van der Waals surface area (Å²) < 4.78 is 10.6. The number of hydrogen-bond donors (Lipinski definition) is 3. The van der Waals surface area contributed by atoms with Crippen LogP contribution in [0.5, 0.6) is 11.5 Å². The molecule has 31 heavy (non-hydrogen) atoms. The Labute approximate surface area is 181 Å². The number of nitrogens with two attached hydrogens (primary N) is 1. The number of quaternary nitrogens is 1. The molecule has 9 nitrogen and oxygen atoms in total. The average molecular weight is 423 g/mol. The Morgan fingerprint density at radius 2 is 1.68 bits per heavy atom. The molecule has 1 aliphatic rings. The molecule has 1 saturated heterocycles. The van der Waals surface area contributed by atoms with Crippen LogP contribution < -0.4 is 30.3 Å². The van der Waals surface area contributed by atoms with Crippen LogP contribution in [0.1, 0.15) is 5.82 Å². The van der Waals surface area contributed by atoms with Crippen LogP contribution in [0.3, 0.4) is 0 Å². The molecule has 162 valence electrons. The molecule has 2 heterocycles. The van der Waals surface area contributed by atoms with E-state index in [0.29, 0.717) is 18.3 Å². The van der Waals surface area contributed by atoms with Gasteiger partial charge in [0.2, 0.25) is 11.9 Å². The Kier molecular flexibility index (Phi) is 6.32. The van der Waals surface area contributed by atoms with Crippen molar-refractivity contribution in [3.63, 3.8) is 0 Å². The van der Waals surface area contributed by atoms with Gasteiger partial charge in [-0.15, -0.1) is 0 Å². The molecule has 2 aromatic carbocycles. The normalized spacial score (nSPS) is 14.3. The van der Waals surface area contributed by atoms with Gasteiger partial charge in [0.05, 0.1) is 40.4 Å². The quantitative estimate of drug-likeness (QED) is 0.521. The monoisotopic (exact) mass is 422 g/mol. The number of anilines is 4.